The maximum Gasteiger partial charge on any atom is 0.333 e. The second-order valence-corrected chi connectivity index (χ2v) is 9.13. The van der Waals surface area contributed by atoms with Crippen molar-refractivity contribution in [2.24, 2.45) is 7.05 Å². The summed E-state index contributed by atoms with van der Waals surface area (Å²) in [5.41, 5.74) is 5.19. The zero-order chi connectivity index (χ0) is 20.1. The molecule has 2 aromatic rings. The van der Waals surface area contributed by atoms with Crippen molar-refractivity contribution in [2.45, 2.75) is 50.2 Å². The largest absolute Gasteiger partial charge is 0.390 e. The molecule has 0 fully saturated rings. The molecule has 0 unspecified atom stereocenters. The standard InChI is InChI=1S/C18H21ClN4O4S/c1-23-10(9-24)8-15(21-23)28(26,27)22-18(25)20-17-13-6-2-4-11(13)16(19)12-5-3-7-14(12)17/h8,24H,2-7,9H2,1H3,(H2,20,22,25). The molecule has 8 nitrogen and oxygen atoms in total. The van der Waals surface area contributed by atoms with E-state index >= 15 is 0 Å². The fourth-order valence-corrected chi connectivity index (χ4v) is 5.45. The van der Waals surface area contributed by atoms with E-state index < -0.39 is 16.1 Å². The number of aliphatic hydroxyl groups excluding tert-OH is 1. The van der Waals surface area contributed by atoms with E-state index in [0.717, 1.165) is 65.8 Å². The number of carbonyl (C=O) groups excluding carboxylic acids is 1. The molecule has 0 saturated carbocycles. The third-order valence-corrected chi connectivity index (χ3v) is 7.09. The van der Waals surface area contributed by atoms with E-state index in [2.05, 4.69) is 10.4 Å². The predicted molar refractivity (Wildman–Crippen MR) is 104 cm³/mol. The summed E-state index contributed by atoms with van der Waals surface area (Å²) in [6.07, 6.45) is 5.28. The van der Waals surface area contributed by atoms with Crippen molar-refractivity contribution in [2.75, 3.05) is 5.32 Å². The summed E-state index contributed by atoms with van der Waals surface area (Å²) >= 11 is 6.57. The highest BCUT2D eigenvalue weighted by molar-refractivity contribution is 7.90. The second kappa shape index (κ2) is 7.06. The Morgan fingerprint density at radius 2 is 1.75 bits per heavy atom. The molecule has 0 saturated heterocycles. The molecular weight excluding hydrogens is 404 g/mol. The number of hydrogen-bond donors (Lipinski definition) is 3. The van der Waals surface area contributed by atoms with Crippen LogP contribution in [-0.4, -0.2) is 29.3 Å². The van der Waals surface area contributed by atoms with Gasteiger partial charge in [-0.25, -0.2) is 9.52 Å². The van der Waals surface area contributed by atoms with E-state index in [-0.39, 0.29) is 11.6 Å². The lowest BCUT2D eigenvalue weighted by molar-refractivity contribution is 0.256. The number of halogens is 1. The van der Waals surface area contributed by atoms with Crippen molar-refractivity contribution in [3.8, 4) is 0 Å². The second-order valence-electron chi connectivity index (χ2n) is 7.13. The first-order chi connectivity index (χ1) is 13.3. The Kier molecular flexibility index (Phi) is 4.84. The van der Waals surface area contributed by atoms with Gasteiger partial charge in [0.2, 0.25) is 0 Å². The number of urea groups is 1. The number of carbonyl (C=O) groups is 1. The van der Waals surface area contributed by atoms with E-state index in [0.29, 0.717) is 11.4 Å². The Bertz CT molecular complexity index is 1040. The van der Waals surface area contributed by atoms with Crippen LogP contribution in [0.5, 0.6) is 0 Å². The van der Waals surface area contributed by atoms with Crippen molar-refractivity contribution in [3.05, 3.63) is 39.0 Å². The summed E-state index contributed by atoms with van der Waals surface area (Å²) in [4.78, 5) is 12.5. The number of anilines is 1. The number of hydrogen-bond acceptors (Lipinski definition) is 5. The van der Waals surface area contributed by atoms with Gasteiger partial charge < -0.3 is 10.4 Å². The maximum absolute atomic E-state index is 12.5. The van der Waals surface area contributed by atoms with Gasteiger partial charge in [0.1, 0.15) is 0 Å². The molecular formula is C18H21ClN4O4S. The van der Waals surface area contributed by atoms with Crippen LogP contribution in [0.15, 0.2) is 11.1 Å². The molecule has 150 valence electrons. The SMILES string of the molecule is Cn1nc(S(=O)(=O)NC(=O)Nc2c3c(c(Cl)c4c2CCC4)CCC3)cc1CO. The van der Waals surface area contributed by atoms with E-state index in [9.17, 15) is 18.3 Å². The molecule has 28 heavy (non-hydrogen) atoms. The molecule has 0 radical (unpaired) electrons. The fourth-order valence-electron chi connectivity index (χ4n) is 4.11. The monoisotopic (exact) mass is 424 g/mol. The summed E-state index contributed by atoms with van der Waals surface area (Å²) in [6.45, 7) is -0.353. The molecule has 1 heterocycles. The van der Waals surface area contributed by atoms with Gasteiger partial charge in [-0.3, -0.25) is 4.68 Å². The Balaban J connectivity index is 1.61. The van der Waals surface area contributed by atoms with Crippen LogP contribution in [0.4, 0.5) is 10.5 Å². The van der Waals surface area contributed by atoms with Crippen LogP contribution in [0, 0.1) is 0 Å². The van der Waals surface area contributed by atoms with Gasteiger partial charge in [0.05, 0.1) is 12.3 Å². The summed E-state index contributed by atoms with van der Waals surface area (Å²) < 4.78 is 28.2. The van der Waals surface area contributed by atoms with Gasteiger partial charge >= 0.3 is 6.03 Å². The molecule has 0 bridgehead atoms. The van der Waals surface area contributed by atoms with Gasteiger partial charge in [-0.2, -0.15) is 13.5 Å². The van der Waals surface area contributed by atoms with Gasteiger partial charge in [-0.05, 0) is 60.8 Å². The van der Waals surface area contributed by atoms with Crippen LogP contribution < -0.4 is 10.0 Å². The number of benzene rings is 1. The van der Waals surface area contributed by atoms with Gasteiger partial charge in [0, 0.05) is 23.8 Å². The molecule has 3 N–H and O–H groups in total. The molecule has 2 aliphatic carbocycles. The minimum atomic E-state index is -4.16. The normalized spacial score (nSPS) is 15.4. The number of sulfonamides is 1. The lowest BCUT2D eigenvalue weighted by atomic mass is 9.98. The molecule has 10 heteroatoms. The Morgan fingerprint density at radius 1 is 1.18 bits per heavy atom. The number of aromatic nitrogens is 2. The highest BCUT2D eigenvalue weighted by Gasteiger charge is 2.30. The third kappa shape index (κ3) is 3.17. The molecule has 0 aliphatic heterocycles. The van der Waals surface area contributed by atoms with Crippen LogP contribution >= 0.6 is 11.6 Å². The zero-order valence-corrected chi connectivity index (χ0v) is 17.0. The molecule has 0 spiro atoms. The van der Waals surface area contributed by atoms with E-state index in [4.69, 9.17) is 11.6 Å². The van der Waals surface area contributed by atoms with Crippen molar-refractivity contribution >= 4 is 33.3 Å². The van der Waals surface area contributed by atoms with Crippen LogP contribution in [0.1, 0.15) is 40.8 Å². The van der Waals surface area contributed by atoms with Gasteiger partial charge in [0.25, 0.3) is 10.0 Å². The van der Waals surface area contributed by atoms with Crippen LogP contribution in [0.25, 0.3) is 0 Å². The average Bonchev–Trinajstić information content (AvgIpc) is 3.37. The lowest BCUT2D eigenvalue weighted by Gasteiger charge is -2.18. The first-order valence-corrected chi connectivity index (χ1v) is 11.0. The minimum Gasteiger partial charge on any atom is -0.390 e. The summed E-state index contributed by atoms with van der Waals surface area (Å²) in [5, 5.41) is 16.3. The summed E-state index contributed by atoms with van der Waals surface area (Å²) in [5.74, 6) is 0. The number of aliphatic hydroxyl groups is 1. The third-order valence-electron chi connectivity index (χ3n) is 5.43. The number of amides is 2. The molecule has 2 aliphatic rings. The van der Waals surface area contributed by atoms with Gasteiger partial charge in [-0.15, -0.1) is 0 Å². The molecule has 4 rings (SSSR count). The quantitative estimate of drug-likeness (QED) is 0.695. The van der Waals surface area contributed by atoms with Gasteiger partial charge in [-0.1, -0.05) is 11.6 Å². The van der Waals surface area contributed by atoms with E-state index in [1.807, 2.05) is 4.72 Å². The number of rotatable bonds is 4. The minimum absolute atomic E-state index is 0.319. The van der Waals surface area contributed by atoms with E-state index in [1.54, 1.807) is 0 Å². The fraction of sp³-hybridized carbons (Fsp3) is 0.444. The Labute approximate surface area is 167 Å². The number of fused-ring (bicyclic) bond motifs is 2. The summed E-state index contributed by atoms with van der Waals surface area (Å²) in [6, 6.07) is 0.398. The van der Waals surface area contributed by atoms with Crippen molar-refractivity contribution < 1.29 is 18.3 Å². The molecule has 0 atom stereocenters. The number of aryl methyl sites for hydroxylation is 1. The Morgan fingerprint density at radius 3 is 2.29 bits per heavy atom. The summed E-state index contributed by atoms with van der Waals surface area (Å²) in [7, 11) is -2.64. The Hall–Kier alpha value is -2.10. The first kappa shape index (κ1) is 19.2. The topological polar surface area (TPSA) is 113 Å². The predicted octanol–water partition coefficient (Wildman–Crippen LogP) is 2.05. The van der Waals surface area contributed by atoms with Crippen molar-refractivity contribution in [3.63, 3.8) is 0 Å². The van der Waals surface area contributed by atoms with Crippen LogP contribution in [-0.2, 0) is 49.4 Å². The molecule has 1 aromatic carbocycles. The molecule has 1 aromatic heterocycles. The highest BCUT2D eigenvalue weighted by atomic mass is 35.5. The first-order valence-electron chi connectivity index (χ1n) is 9.14. The zero-order valence-electron chi connectivity index (χ0n) is 15.4. The highest BCUT2D eigenvalue weighted by Crippen LogP contribution is 2.43. The maximum atomic E-state index is 12.5. The van der Waals surface area contributed by atoms with Crippen LogP contribution in [0.3, 0.4) is 0 Å². The van der Waals surface area contributed by atoms with Crippen molar-refractivity contribution in [1.29, 1.82) is 0 Å². The average molecular weight is 425 g/mol. The molecule has 2 amide bonds. The smallest absolute Gasteiger partial charge is 0.333 e. The number of nitrogens with one attached hydrogen (secondary N) is 2. The van der Waals surface area contributed by atoms with Crippen molar-refractivity contribution in [1.82, 2.24) is 14.5 Å². The number of nitrogens with zero attached hydrogens (tertiary/aromatic N) is 2. The van der Waals surface area contributed by atoms with E-state index in [1.165, 1.54) is 17.8 Å². The van der Waals surface area contributed by atoms with Gasteiger partial charge in [0.15, 0.2) is 5.03 Å². The lowest BCUT2D eigenvalue weighted by Crippen LogP contribution is -2.35. The van der Waals surface area contributed by atoms with Crippen LogP contribution in [0.2, 0.25) is 5.02 Å².